The van der Waals surface area contributed by atoms with Gasteiger partial charge < -0.3 is 25.4 Å². The second-order valence-corrected chi connectivity index (χ2v) is 5.25. The van der Waals surface area contributed by atoms with Crippen LogP contribution in [0.25, 0.3) is 0 Å². The van der Waals surface area contributed by atoms with E-state index in [-0.39, 0.29) is 25.0 Å². The number of fused-ring (bicyclic) bond motifs is 1. The van der Waals surface area contributed by atoms with Gasteiger partial charge in [-0.15, -0.1) is 0 Å². The Bertz CT molecular complexity index is 605. The van der Waals surface area contributed by atoms with Gasteiger partial charge >= 0.3 is 0 Å². The molecule has 0 unspecified atom stereocenters. The van der Waals surface area contributed by atoms with Crippen LogP contribution in [0.2, 0.25) is 0 Å². The third-order valence-corrected chi connectivity index (χ3v) is 3.71. The molecule has 3 N–H and O–H groups in total. The zero-order valence-corrected chi connectivity index (χ0v) is 13.6. The highest BCUT2D eigenvalue weighted by atomic mass is 16.5. The lowest BCUT2D eigenvalue weighted by atomic mass is 10.1. The Morgan fingerprint density at radius 1 is 1.52 bits per heavy atom. The Kier molecular flexibility index (Phi) is 5.51. The van der Waals surface area contributed by atoms with E-state index in [2.05, 4.69) is 10.3 Å². The third kappa shape index (κ3) is 3.59. The number of carbonyl (C=O) groups excluding carboxylic acids is 2. The zero-order valence-electron chi connectivity index (χ0n) is 13.6. The monoisotopic (exact) mass is 322 g/mol. The van der Waals surface area contributed by atoms with Gasteiger partial charge in [0.2, 0.25) is 11.8 Å². The molecule has 0 spiro atoms. The van der Waals surface area contributed by atoms with E-state index < -0.39 is 6.04 Å². The lowest BCUT2D eigenvalue weighted by molar-refractivity contribution is -0.123. The Morgan fingerprint density at radius 2 is 2.26 bits per heavy atom. The predicted molar refractivity (Wildman–Crippen MR) is 82.9 cm³/mol. The maximum atomic E-state index is 12.2. The van der Waals surface area contributed by atoms with Crippen LogP contribution in [-0.2, 0) is 22.6 Å². The quantitative estimate of drug-likeness (QED) is 0.711. The first-order valence-electron chi connectivity index (χ1n) is 7.40. The third-order valence-electron chi connectivity index (χ3n) is 3.71. The Labute approximate surface area is 134 Å². The van der Waals surface area contributed by atoms with Crippen LogP contribution in [0, 0.1) is 0 Å². The number of nitrogens with one attached hydrogen (secondary N) is 1. The van der Waals surface area contributed by atoms with Crippen molar-refractivity contribution in [3.05, 3.63) is 22.9 Å². The van der Waals surface area contributed by atoms with Crippen molar-refractivity contribution in [2.45, 2.75) is 26.1 Å². The van der Waals surface area contributed by atoms with Gasteiger partial charge in [0.05, 0.1) is 31.5 Å². The fraction of sp³-hybridized carbons (Fsp3) is 0.533. The molecular weight excluding hydrogens is 300 g/mol. The number of carbonyl (C=O) groups is 2. The van der Waals surface area contributed by atoms with Crippen LogP contribution in [0.3, 0.4) is 0 Å². The second-order valence-electron chi connectivity index (χ2n) is 5.25. The van der Waals surface area contributed by atoms with Gasteiger partial charge in [0.15, 0.2) is 0 Å². The summed E-state index contributed by atoms with van der Waals surface area (Å²) in [5.41, 5.74) is 7.55. The molecule has 0 fully saturated rings. The fourth-order valence-electron chi connectivity index (χ4n) is 2.43. The van der Waals surface area contributed by atoms with Crippen molar-refractivity contribution in [3.8, 4) is 5.88 Å². The molecule has 126 valence electrons. The second kappa shape index (κ2) is 7.38. The van der Waals surface area contributed by atoms with E-state index in [9.17, 15) is 9.59 Å². The molecule has 0 saturated heterocycles. The van der Waals surface area contributed by atoms with Crippen molar-refractivity contribution in [3.63, 3.8) is 0 Å². The van der Waals surface area contributed by atoms with Gasteiger partial charge in [0, 0.05) is 25.8 Å². The van der Waals surface area contributed by atoms with Gasteiger partial charge in [0.1, 0.15) is 6.04 Å². The van der Waals surface area contributed by atoms with Crippen LogP contribution in [0.15, 0.2) is 6.07 Å². The van der Waals surface area contributed by atoms with Crippen LogP contribution in [-0.4, -0.2) is 55.1 Å². The van der Waals surface area contributed by atoms with Crippen LogP contribution >= 0.6 is 0 Å². The molecular formula is C15H22N4O4. The highest BCUT2D eigenvalue weighted by molar-refractivity contribution is 5.98. The van der Waals surface area contributed by atoms with Crippen LogP contribution in [0.4, 0.5) is 0 Å². The Balaban J connectivity index is 2.15. The lowest BCUT2D eigenvalue weighted by Crippen LogP contribution is -2.43. The molecule has 0 radical (unpaired) electrons. The number of ether oxygens (including phenoxy) is 2. The molecule has 2 amide bonds. The van der Waals surface area contributed by atoms with Gasteiger partial charge in [-0.05, 0) is 13.0 Å². The summed E-state index contributed by atoms with van der Waals surface area (Å²) in [7, 11) is 2.98. The standard InChI is InChI=1S/C15H22N4O4/c1-4-19-7-12-10(15(19)21)5-9(14(18-12)23-3)6-17-13(20)11(16)8-22-2/h5,11H,4,6-8,16H2,1-3H3,(H,17,20)/t11-/m1/s1. The first-order valence-corrected chi connectivity index (χ1v) is 7.40. The van der Waals surface area contributed by atoms with Gasteiger partial charge in [0.25, 0.3) is 5.91 Å². The number of aromatic nitrogens is 1. The van der Waals surface area contributed by atoms with E-state index in [0.29, 0.717) is 35.8 Å². The van der Waals surface area contributed by atoms with Gasteiger partial charge in [-0.2, -0.15) is 0 Å². The molecule has 1 aromatic rings. The first kappa shape index (κ1) is 17.2. The summed E-state index contributed by atoms with van der Waals surface area (Å²) in [6.45, 7) is 3.33. The van der Waals surface area contributed by atoms with Gasteiger partial charge in [-0.3, -0.25) is 9.59 Å². The normalized spacial score (nSPS) is 14.6. The van der Waals surface area contributed by atoms with Crippen molar-refractivity contribution in [1.82, 2.24) is 15.2 Å². The highest BCUT2D eigenvalue weighted by Crippen LogP contribution is 2.26. The molecule has 0 aliphatic carbocycles. The smallest absolute Gasteiger partial charge is 0.256 e. The summed E-state index contributed by atoms with van der Waals surface area (Å²) in [5.74, 6) is 0.00680. The number of rotatable bonds is 7. The molecule has 0 saturated carbocycles. The molecule has 1 atom stereocenters. The maximum Gasteiger partial charge on any atom is 0.256 e. The molecule has 8 heteroatoms. The molecule has 23 heavy (non-hydrogen) atoms. The van der Waals surface area contributed by atoms with E-state index in [4.69, 9.17) is 15.2 Å². The minimum atomic E-state index is -0.745. The minimum absolute atomic E-state index is 0.0543. The average Bonchev–Trinajstić information content (AvgIpc) is 2.87. The molecule has 1 aliphatic heterocycles. The topological polar surface area (TPSA) is 107 Å². The van der Waals surface area contributed by atoms with Crippen molar-refractivity contribution >= 4 is 11.8 Å². The predicted octanol–water partition coefficient (Wildman–Crippen LogP) is -0.344. The molecule has 0 aromatic carbocycles. The summed E-state index contributed by atoms with van der Waals surface area (Å²) in [6, 6.07) is 0.979. The summed E-state index contributed by atoms with van der Waals surface area (Å²) >= 11 is 0. The summed E-state index contributed by atoms with van der Waals surface area (Å²) in [6.07, 6.45) is 0. The number of hydrogen-bond acceptors (Lipinski definition) is 6. The lowest BCUT2D eigenvalue weighted by Gasteiger charge is -2.13. The first-order chi connectivity index (χ1) is 11.0. The summed E-state index contributed by atoms with van der Waals surface area (Å²) < 4.78 is 10.1. The molecule has 2 rings (SSSR count). The van der Waals surface area contributed by atoms with Crippen LogP contribution in [0.5, 0.6) is 5.88 Å². The number of nitrogens with two attached hydrogens (primary N) is 1. The summed E-state index contributed by atoms with van der Waals surface area (Å²) in [4.78, 5) is 30.2. The van der Waals surface area contributed by atoms with E-state index in [0.717, 1.165) is 0 Å². The van der Waals surface area contributed by atoms with E-state index >= 15 is 0 Å². The number of nitrogens with zero attached hydrogens (tertiary/aromatic N) is 2. The molecule has 0 bridgehead atoms. The largest absolute Gasteiger partial charge is 0.481 e. The van der Waals surface area contributed by atoms with E-state index in [1.165, 1.54) is 14.2 Å². The van der Waals surface area contributed by atoms with Crippen LogP contribution < -0.4 is 15.8 Å². The van der Waals surface area contributed by atoms with E-state index in [1.54, 1.807) is 11.0 Å². The molecule has 1 aliphatic rings. The highest BCUT2D eigenvalue weighted by Gasteiger charge is 2.29. The van der Waals surface area contributed by atoms with Gasteiger partial charge in [-0.25, -0.2) is 4.98 Å². The van der Waals surface area contributed by atoms with Crippen molar-refractivity contribution in [2.24, 2.45) is 5.73 Å². The van der Waals surface area contributed by atoms with E-state index in [1.807, 2.05) is 6.92 Å². The fourth-order valence-corrected chi connectivity index (χ4v) is 2.43. The average molecular weight is 322 g/mol. The van der Waals surface area contributed by atoms with Crippen LogP contribution in [0.1, 0.15) is 28.5 Å². The number of hydrogen-bond donors (Lipinski definition) is 2. The molecule has 8 nitrogen and oxygen atoms in total. The van der Waals surface area contributed by atoms with Gasteiger partial charge in [-0.1, -0.05) is 0 Å². The molecule has 2 heterocycles. The minimum Gasteiger partial charge on any atom is -0.481 e. The van der Waals surface area contributed by atoms with Crippen molar-refractivity contribution in [1.29, 1.82) is 0 Å². The SMILES string of the molecule is CCN1Cc2nc(OC)c(CNC(=O)[C@H](N)COC)cc2C1=O. The van der Waals surface area contributed by atoms with Crippen molar-refractivity contribution < 1.29 is 19.1 Å². The number of methoxy groups -OCH3 is 2. The Hall–Kier alpha value is -2.19. The number of pyridine rings is 1. The maximum absolute atomic E-state index is 12.2. The Morgan fingerprint density at radius 3 is 2.87 bits per heavy atom. The number of amides is 2. The molecule has 1 aromatic heterocycles. The zero-order chi connectivity index (χ0) is 17.0. The van der Waals surface area contributed by atoms with Crippen molar-refractivity contribution in [2.75, 3.05) is 27.4 Å². The summed E-state index contributed by atoms with van der Waals surface area (Å²) in [5, 5.41) is 2.70.